The minimum atomic E-state index is -0.826. The molecule has 1 aliphatic carbocycles. The predicted molar refractivity (Wildman–Crippen MR) is 197 cm³/mol. The fourth-order valence-electron chi connectivity index (χ4n) is 6.29. The first-order chi connectivity index (χ1) is 21.3. The summed E-state index contributed by atoms with van der Waals surface area (Å²) in [5.41, 5.74) is 8.52. The molecule has 1 aliphatic rings. The molecule has 5 aromatic rings. The fraction of sp³-hybridized carbons (Fsp3) is 0.400. The van der Waals surface area contributed by atoms with Crippen LogP contribution in [-0.2, 0) is 20.8 Å². The van der Waals surface area contributed by atoms with Gasteiger partial charge in [0.25, 0.3) is 0 Å². The molecule has 1 saturated carbocycles. The second-order valence-corrected chi connectivity index (χ2v) is 17.2. The molecule has 1 fully saturated rings. The van der Waals surface area contributed by atoms with Crippen LogP contribution in [0.25, 0.3) is 32.7 Å². The van der Waals surface area contributed by atoms with Crippen molar-refractivity contribution >= 4 is 48.1 Å². The Balaban J connectivity index is 0.000000204. The molecule has 0 nitrogen and oxygen atoms in total. The summed E-state index contributed by atoms with van der Waals surface area (Å²) in [5.74, 6) is 2.09. The molecule has 0 bridgehead atoms. The minimum absolute atomic E-state index is 0.589. The maximum atomic E-state index is 4.93. The molecule has 44 heavy (non-hydrogen) atoms. The molecule has 4 heteroatoms. The van der Waals surface area contributed by atoms with E-state index in [0.717, 1.165) is 15.4 Å². The van der Waals surface area contributed by atoms with E-state index in [2.05, 4.69) is 133 Å². The molecule has 0 N–H and O–H groups in total. The van der Waals surface area contributed by atoms with E-state index in [4.69, 9.17) is 17.0 Å². The number of rotatable bonds is 5. The second kappa shape index (κ2) is 19.3. The van der Waals surface area contributed by atoms with Crippen LogP contribution in [0, 0.1) is 6.92 Å². The maximum absolute atomic E-state index is 4.93. The number of benzene rings is 3. The fourth-order valence-corrected chi connectivity index (χ4v) is 6.29. The molecule has 0 spiro atoms. The normalized spacial score (nSPS) is 13.7. The summed E-state index contributed by atoms with van der Waals surface area (Å²) < 4.78 is 0. The Kier molecular flexibility index (Phi) is 16.2. The van der Waals surface area contributed by atoms with Crippen molar-refractivity contribution in [1.82, 2.24) is 0 Å². The molecule has 1 unspecified atom stereocenters. The monoisotopic (exact) mass is 718 g/mol. The van der Waals surface area contributed by atoms with E-state index in [9.17, 15) is 0 Å². The van der Waals surface area contributed by atoms with Crippen molar-refractivity contribution in [3.63, 3.8) is 0 Å². The van der Waals surface area contributed by atoms with Gasteiger partial charge in [-0.25, -0.2) is 0 Å². The van der Waals surface area contributed by atoms with E-state index in [0.29, 0.717) is 11.8 Å². The number of aryl methyl sites for hydroxylation is 1. The first-order valence-electron chi connectivity index (χ1n) is 16.3. The van der Waals surface area contributed by atoms with Crippen molar-refractivity contribution in [3.05, 3.63) is 107 Å². The van der Waals surface area contributed by atoms with Gasteiger partial charge in [-0.15, -0.1) is 69.1 Å². The molecular formula is C40H50Cl2SiZr. The molecule has 0 saturated heterocycles. The van der Waals surface area contributed by atoms with Crippen molar-refractivity contribution in [2.75, 3.05) is 0 Å². The Hall–Kier alpha value is -1.44. The van der Waals surface area contributed by atoms with Crippen LogP contribution in [0.4, 0.5) is 0 Å². The van der Waals surface area contributed by atoms with Gasteiger partial charge < -0.3 is 0 Å². The Labute approximate surface area is 289 Å². The molecule has 5 aromatic carbocycles. The van der Waals surface area contributed by atoms with Gasteiger partial charge in [0, 0.05) is 9.52 Å². The van der Waals surface area contributed by atoms with Crippen LogP contribution in [0.3, 0.4) is 0 Å². The second-order valence-electron chi connectivity index (χ2n) is 12.5. The van der Waals surface area contributed by atoms with Gasteiger partial charge in [-0.1, -0.05) is 121 Å². The summed E-state index contributed by atoms with van der Waals surface area (Å²) in [6, 6.07) is 31.8. The van der Waals surface area contributed by atoms with Gasteiger partial charge in [0.2, 0.25) is 0 Å². The van der Waals surface area contributed by atoms with Crippen LogP contribution in [0.2, 0.25) is 13.1 Å². The van der Waals surface area contributed by atoms with E-state index >= 15 is 0 Å². The van der Waals surface area contributed by atoms with Crippen LogP contribution in [-0.4, -0.2) is 9.52 Å². The first-order valence-corrected chi connectivity index (χ1v) is 24.6. The summed E-state index contributed by atoms with van der Waals surface area (Å²) in [6.07, 6.45) is 8.30. The van der Waals surface area contributed by atoms with Crippen LogP contribution in [0.1, 0.15) is 106 Å². The number of hydrogen-bond donors (Lipinski definition) is 0. The SMILES string of the molecule is CCC(C)c1cccc2[cH-]c(C3CCCCC3)cc12.C[Si]C.Cc1cc2c(-c3ccc(C(C)C)cc3)cccc2[cH-]1.[Cl][Zr+2][Cl]. The topological polar surface area (TPSA) is 0 Å². The van der Waals surface area contributed by atoms with Crippen molar-refractivity contribution in [2.45, 2.75) is 104 Å². The summed E-state index contributed by atoms with van der Waals surface area (Å²) in [7, 11) is 11.0. The average molecular weight is 721 g/mol. The van der Waals surface area contributed by atoms with Gasteiger partial charge in [0.1, 0.15) is 0 Å². The molecule has 0 amide bonds. The van der Waals surface area contributed by atoms with Gasteiger partial charge in [-0.05, 0) is 41.7 Å². The van der Waals surface area contributed by atoms with Gasteiger partial charge in [0.15, 0.2) is 0 Å². The first kappa shape index (κ1) is 37.0. The summed E-state index contributed by atoms with van der Waals surface area (Å²) in [5, 5.41) is 5.66. The molecule has 6 rings (SSSR count). The number of halogens is 2. The number of fused-ring (bicyclic) bond motifs is 2. The molecule has 1 atom stereocenters. The Morgan fingerprint density at radius 3 is 2.00 bits per heavy atom. The van der Waals surface area contributed by atoms with E-state index < -0.39 is 20.8 Å². The molecule has 232 valence electrons. The van der Waals surface area contributed by atoms with Crippen LogP contribution >= 0.6 is 17.0 Å². The van der Waals surface area contributed by atoms with E-state index in [-0.39, 0.29) is 0 Å². The zero-order chi connectivity index (χ0) is 32.1. The number of hydrogen-bond acceptors (Lipinski definition) is 0. The molecule has 0 heterocycles. The molecule has 0 aliphatic heterocycles. The Morgan fingerprint density at radius 1 is 0.818 bits per heavy atom. The summed E-state index contributed by atoms with van der Waals surface area (Å²) in [6.45, 7) is 15.6. The zero-order valence-electron chi connectivity index (χ0n) is 27.8. The van der Waals surface area contributed by atoms with Gasteiger partial charge in [-0.2, -0.15) is 12.1 Å². The summed E-state index contributed by atoms with van der Waals surface area (Å²) in [4.78, 5) is 0. The third kappa shape index (κ3) is 10.3. The van der Waals surface area contributed by atoms with Crippen molar-refractivity contribution < 1.29 is 20.8 Å². The van der Waals surface area contributed by atoms with Crippen molar-refractivity contribution in [1.29, 1.82) is 0 Å². The van der Waals surface area contributed by atoms with Crippen molar-refractivity contribution in [3.8, 4) is 11.1 Å². The summed E-state index contributed by atoms with van der Waals surface area (Å²) >= 11 is -0.826. The quantitative estimate of drug-likeness (QED) is 0.125. The molecule has 2 radical (unpaired) electrons. The van der Waals surface area contributed by atoms with Crippen LogP contribution < -0.4 is 0 Å². The molecule has 0 aromatic heterocycles. The van der Waals surface area contributed by atoms with Gasteiger partial charge in [0.05, 0.1) is 0 Å². The third-order valence-corrected chi connectivity index (χ3v) is 8.81. The Morgan fingerprint density at radius 2 is 1.41 bits per heavy atom. The third-order valence-electron chi connectivity index (χ3n) is 8.81. The average Bonchev–Trinajstić information content (AvgIpc) is 3.65. The zero-order valence-corrected chi connectivity index (χ0v) is 32.8. The van der Waals surface area contributed by atoms with Gasteiger partial charge >= 0.3 is 37.9 Å². The molecular weight excluding hydrogens is 671 g/mol. The Bertz CT molecular complexity index is 1520. The van der Waals surface area contributed by atoms with E-state index in [1.165, 1.54) is 82.3 Å². The van der Waals surface area contributed by atoms with E-state index in [1.807, 2.05) is 0 Å². The van der Waals surface area contributed by atoms with Crippen molar-refractivity contribution in [2.24, 2.45) is 0 Å². The van der Waals surface area contributed by atoms with Crippen LogP contribution in [0.5, 0.6) is 0 Å². The van der Waals surface area contributed by atoms with E-state index in [1.54, 1.807) is 11.1 Å². The standard InChI is InChI=1S/C19H19.C19H25.C2H6Si.2ClH.Zr/c1-13(2)15-7-9-16(10-8-15)18-6-4-5-17-11-14(3)12-19(17)18;1-3-14(2)18-11-7-10-16-12-17(13-19(16)18)15-8-5-4-6-9-15;1-3-2;;;/h4-13H,1-3H3;7,10-15H,3-6,8-9H2,1-2H3;1-2H3;2*1H;/q2*-1;;;;+4/p-2. The van der Waals surface area contributed by atoms with Gasteiger partial charge in [-0.3, -0.25) is 0 Å². The van der Waals surface area contributed by atoms with Crippen LogP contribution in [0.15, 0.2) is 84.9 Å². The predicted octanol–water partition coefficient (Wildman–Crippen LogP) is 13.9.